The number of carbonyl (C=O) groups excluding carboxylic acids is 2. The van der Waals surface area contributed by atoms with E-state index >= 15 is 0 Å². The maximum Gasteiger partial charge on any atom is 0.257 e. The van der Waals surface area contributed by atoms with Crippen LogP contribution in [0.2, 0.25) is 0 Å². The number of carbonyl (C=O) groups is 2. The average molecular weight is 452 g/mol. The summed E-state index contributed by atoms with van der Waals surface area (Å²) < 4.78 is 15.9. The Morgan fingerprint density at radius 1 is 1.16 bits per heavy atom. The number of hydrogen-bond acceptors (Lipinski definition) is 7. The number of anilines is 1. The van der Waals surface area contributed by atoms with Gasteiger partial charge >= 0.3 is 0 Å². The minimum atomic E-state index is -0.293. The summed E-state index contributed by atoms with van der Waals surface area (Å²) in [5.74, 6) is 1.73. The van der Waals surface area contributed by atoms with E-state index in [1.807, 2.05) is 23.1 Å². The first-order valence-electron chi connectivity index (χ1n) is 10.2. The first-order chi connectivity index (χ1) is 15.6. The first-order valence-corrected chi connectivity index (χ1v) is 11.1. The molecule has 0 unspecified atom stereocenters. The van der Waals surface area contributed by atoms with Crippen LogP contribution < -0.4 is 19.5 Å². The van der Waals surface area contributed by atoms with Crippen molar-refractivity contribution in [2.24, 2.45) is 0 Å². The van der Waals surface area contributed by atoms with Crippen molar-refractivity contribution >= 4 is 28.3 Å². The van der Waals surface area contributed by atoms with E-state index in [-0.39, 0.29) is 25.0 Å². The SMILES string of the molecule is COc1ccc2c(c1)CCN(C(=O)Cc1csc(NC(=O)c3ccc4c(c3)OCO4)n1)C2. The number of hydrogen-bond donors (Lipinski definition) is 1. The van der Waals surface area contributed by atoms with E-state index in [2.05, 4.69) is 10.3 Å². The van der Waals surface area contributed by atoms with E-state index in [1.165, 1.54) is 16.9 Å². The van der Waals surface area contributed by atoms with Gasteiger partial charge in [0.2, 0.25) is 12.7 Å². The van der Waals surface area contributed by atoms with Crippen molar-refractivity contribution in [3.63, 3.8) is 0 Å². The maximum absolute atomic E-state index is 12.8. The van der Waals surface area contributed by atoms with E-state index < -0.39 is 0 Å². The van der Waals surface area contributed by atoms with Crippen LogP contribution >= 0.6 is 11.3 Å². The van der Waals surface area contributed by atoms with Gasteiger partial charge in [-0.2, -0.15) is 0 Å². The predicted octanol–water partition coefficient (Wildman–Crippen LogP) is 3.26. The summed E-state index contributed by atoms with van der Waals surface area (Å²) in [6, 6.07) is 11.0. The summed E-state index contributed by atoms with van der Waals surface area (Å²) in [5.41, 5.74) is 3.45. The van der Waals surface area contributed by atoms with Crippen molar-refractivity contribution < 1.29 is 23.8 Å². The molecule has 0 aliphatic carbocycles. The molecule has 0 fully saturated rings. The largest absolute Gasteiger partial charge is 0.497 e. The lowest BCUT2D eigenvalue weighted by Crippen LogP contribution is -2.37. The van der Waals surface area contributed by atoms with Crippen LogP contribution in [0.25, 0.3) is 0 Å². The zero-order valence-corrected chi connectivity index (χ0v) is 18.2. The quantitative estimate of drug-likeness (QED) is 0.641. The molecule has 0 radical (unpaired) electrons. The van der Waals surface area contributed by atoms with Crippen LogP contribution in [0.15, 0.2) is 41.8 Å². The van der Waals surface area contributed by atoms with Crippen molar-refractivity contribution in [2.45, 2.75) is 19.4 Å². The van der Waals surface area contributed by atoms with Gasteiger partial charge in [-0.15, -0.1) is 11.3 Å². The molecule has 2 amide bonds. The van der Waals surface area contributed by atoms with Gasteiger partial charge in [-0.1, -0.05) is 6.07 Å². The number of benzene rings is 2. The Labute approximate surface area is 188 Å². The van der Waals surface area contributed by atoms with Crippen LogP contribution in [0.5, 0.6) is 17.2 Å². The molecule has 3 aromatic rings. The molecule has 5 rings (SSSR count). The monoisotopic (exact) mass is 451 g/mol. The molecular formula is C23H21N3O5S. The van der Waals surface area contributed by atoms with Gasteiger partial charge in [-0.3, -0.25) is 14.9 Å². The highest BCUT2D eigenvalue weighted by atomic mass is 32.1. The van der Waals surface area contributed by atoms with E-state index in [0.29, 0.717) is 41.0 Å². The van der Waals surface area contributed by atoms with Gasteiger partial charge in [-0.05, 0) is 47.9 Å². The second-order valence-electron chi connectivity index (χ2n) is 7.54. The van der Waals surface area contributed by atoms with Crippen molar-refractivity contribution in [1.82, 2.24) is 9.88 Å². The van der Waals surface area contributed by atoms with Crippen LogP contribution in [-0.2, 0) is 24.2 Å². The fourth-order valence-electron chi connectivity index (χ4n) is 3.79. The predicted molar refractivity (Wildman–Crippen MR) is 118 cm³/mol. The Hall–Kier alpha value is -3.59. The number of methoxy groups -OCH3 is 1. The fraction of sp³-hybridized carbons (Fsp3) is 0.261. The summed E-state index contributed by atoms with van der Waals surface area (Å²) >= 11 is 1.30. The summed E-state index contributed by atoms with van der Waals surface area (Å²) in [6.07, 6.45) is 0.994. The first kappa shape index (κ1) is 20.3. The fourth-order valence-corrected chi connectivity index (χ4v) is 4.49. The molecular weight excluding hydrogens is 430 g/mol. The van der Waals surface area contributed by atoms with Crippen molar-refractivity contribution in [3.05, 3.63) is 64.2 Å². The smallest absolute Gasteiger partial charge is 0.257 e. The zero-order chi connectivity index (χ0) is 22.1. The maximum atomic E-state index is 12.8. The number of aromatic nitrogens is 1. The highest BCUT2D eigenvalue weighted by Crippen LogP contribution is 2.33. The van der Waals surface area contributed by atoms with Gasteiger partial charge < -0.3 is 19.1 Å². The van der Waals surface area contributed by atoms with Crippen LogP contribution in [0, 0.1) is 0 Å². The number of thiazole rings is 1. The molecule has 2 aliphatic heterocycles. The van der Waals surface area contributed by atoms with Crippen LogP contribution in [0.1, 0.15) is 27.2 Å². The molecule has 2 aromatic carbocycles. The average Bonchev–Trinajstić information content (AvgIpc) is 3.46. The molecule has 32 heavy (non-hydrogen) atoms. The molecule has 0 saturated carbocycles. The Morgan fingerprint density at radius 2 is 2.03 bits per heavy atom. The molecule has 0 bridgehead atoms. The number of nitrogens with zero attached hydrogens (tertiary/aromatic N) is 2. The van der Waals surface area contributed by atoms with Crippen molar-refractivity contribution in [1.29, 1.82) is 0 Å². The van der Waals surface area contributed by atoms with Gasteiger partial charge in [0.25, 0.3) is 5.91 Å². The van der Waals surface area contributed by atoms with Crippen molar-refractivity contribution in [2.75, 3.05) is 25.8 Å². The van der Waals surface area contributed by atoms with Gasteiger partial charge in [0.05, 0.1) is 19.2 Å². The normalized spacial score (nSPS) is 14.1. The van der Waals surface area contributed by atoms with E-state index in [4.69, 9.17) is 14.2 Å². The molecule has 0 spiro atoms. The minimum Gasteiger partial charge on any atom is -0.497 e. The number of ether oxygens (including phenoxy) is 3. The lowest BCUT2D eigenvalue weighted by atomic mass is 9.99. The second kappa shape index (κ2) is 8.51. The van der Waals surface area contributed by atoms with Crippen LogP contribution in [0.4, 0.5) is 5.13 Å². The topological polar surface area (TPSA) is 90.0 Å². The molecule has 1 aromatic heterocycles. The number of rotatable bonds is 5. The third-order valence-electron chi connectivity index (χ3n) is 5.52. The Balaban J connectivity index is 1.19. The van der Waals surface area contributed by atoms with E-state index in [0.717, 1.165) is 17.7 Å². The third kappa shape index (κ3) is 4.11. The molecule has 8 nitrogen and oxygen atoms in total. The molecule has 2 aliphatic rings. The summed E-state index contributed by atoms with van der Waals surface area (Å²) in [7, 11) is 1.65. The molecule has 3 heterocycles. The Kier molecular flexibility index (Phi) is 5.40. The van der Waals surface area contributed by atoms with Gasteiger partial charge in [0, 0.05) is 24.0 Å². The zero-order valence-electron chi connectivity index (χ0n) is 17.4. The lowest BCUT2D eigenvalue weighted by molar-refractivity contribution is -0.131. The standard InChI is InChI=1S/C23H21N3O5S/c1-29-18-4-2-16-11-26(7-6-14(16)8-18)21(27)10-17-12-32-23(24-17)25-22(28)15-3-5-19-20(9-15)31-13-30-19/h2-5,8-9,12H,6-7,10-11,13H2,1H3,(H,24,25,28). The van der Waals surface area contributed by atoms with Crippen molar-refractivity contribution in [3.8, 4) is 17.2 Å². The molecule has 1 N–H and O–H groups in total. The Bertz CT molecular complexity index is 1190. The summed E-state index contributed by atoms with van der Waals surface area (Å²) in [4.78, 5) is 31.6. The molecule has 0 saturated heterocycles. The summed E-state index contributed by atoms with van der Waals surface area (Å²) in [6.45, 7) is 1.40. The van der Waals surface area contributed by atoms with Gasteiger partial charge in [0.15, 0.2) is 16.6 Å². The molecule has 0 atom stereocenters. The van der Waals surface area contributed by atoms with E-state index in [9.17, 15) is 9.59 Å². The third-order valence-corrected chi connectivity index (χ3v) is 6.32. The number of amides is 2. The van der Waals surface area contributed by atoms with E-state index in [1.54, 1.807) is 30.7 Å². The lowest BCUT2D eigenvalue weighted by Gasteiger charge is -2.29. The Morgan fingerprint density at radius 3 is 2.91 bits per heavy atom. The second-order valence-corrected chi connectivity index (χ2v) is 8.40. The molecule has 164 valence electrons. The number of nitrogens with one attached hydrogen (secondary N) is 1. The number of fused-ring (bicyclic) bond motifs is 2. The minimum absolute atomic E-state index is 0.0189. The highest BCUT2D eigenvalue weighted by molar-refractivity contribution is 7.14. The molecule has 9 heteroatoms. The highest BCUT2D eigenvalue weighted by Gasteiger charge is 2.22. The summed E-state index contributed by atoms with van der Waals surface area (Å²) in [5, 5.41) is 5.03. The van der Waals surface area contributed by atoms with Crippen LogP contribution in [0.3, 0.4) is 0 Å². The van der Waals surface area contributed by atoms with Crippen LogP contribution in [-0.4, -0.2) is 42.1 Å². The van der Waals surface area contributed by atoms with Gasteiger partial charge in [0.1, 0.15) is 5.75 Å². The van der Waals surface area contributed by atoms with Gasteiger partial charge in [-0.25, -0.2) is 4.98 Å².